The standard InChI is InChI=1S/C11H15N3O6S/c1-12-11(18)19-4-5-7(16)8(17)9(20-5)14-3-2-6(15)13-10(14)21/h2-3,5,7-9,16-17H,4H2,1H3,(H,12,18)(H,13,15,21)/t5-,7-,8-,9-/m1/s1. The first-order valence-corrected chi connectivity index (χ1v) is 6.52. The van der Waals surface area contributed by atoms with Gasteiger partial charge in [0.1, 0.15) is 24.9 Å². The van der Waals surface area contributed by atoms with Crippen molar-refractivity contribution in [3.63, 3.8) is 0 Å². The average molecular weight is 317 g/mol. The molecule has 0 radical (unpaired) electrons. The molecule has 0 spiro atoms. The largest absolute Gasteiger partial charge is 0.447 e. The fourth-order valence-electron chi connectivity index (χ4n) is 1.95. The first kappa shape index (κ1) is 15.6. The molecule has 10 heteroatoms. The molecule has 1 aromatic heterocycles. The maximum absolute atomic E-state index is 11.1. The van der Waals surface area contributed by atoms with E-state index >= 15 is 0 Å². The van der Waals surface area contributed by atoms with Crippen LogP contribution in [0.1, 0.15) is 6.23 Å². The van der Waals surface area contributed by atoms with E-state index < -0.39 is 30.6 Å². The second-order valence-electron chi connectivity index (χ2n) is 4.41. The Morgan fingerprint density at radius 2 is 2.29 bits per heavy atom. The third-order valence-corrected chi connectivity index (χ3v) is 3.36. The zero-order valence-corrected chi connectivity index (χ0v) is 11.9. The number of aromatic amines is 1. The fourth-order valence-corrected chi connectivity index (χ4v) is 2.22. The fraction of sp³-hybridized carbons (Fsp3) is 0.545. The van der Waals surface area contributed by atoms with Gasteiger partial charge in [-0.15, -0.1) is 0 Å². The quantitative estimate of drug-likeness (QED) is 0.520. The molecule has 1 amide bonds. The Bertz CT molecular complexity index is 629. The lowest BCUT2D eigenvalue weighted by atomic mass is 10.1. The number of amides is 1. The highest BCUT2D eigenvalue weighted by atomic mass is 32.1. The predicted octanol–water partition coefficient (Wildman–Crippen LogP) is -1.12. The van der Waals surface area contributed by atoms with E-state index in [2.05, 4.69) is 10.3 Å². The van der Waals surface area contributed by atoms with Gasteiger partial charge in [-0.25, -0.2) is 4.79 Å². The highest BCUT2D eigenvalue weighted by molar-refractivity contribution is 7.71. The number of carbonyl (C=O) groups excluding carboxylic acids is 1. The monoisotopic (exact) mass is 317 g/mol. The van der Waals surface area contributed by atoms with Gasteiger partial charge in [0.25, 0.3) is 5.56 Å². The number of hydrogen-bond acceptors (Lipinski definition) is 7. The molecule has 1 saturated heterocycles. The summed E-state index contributed by atoms with van der Waals surface area (Å²) in [5.41, 5.74) is -0.385. The van der Waals surface area contributed by atoms with Crippen LogP contribution in [0.3, 0.4) is 0 Å². The van der Waals surface area contributed by atoms with E-state index in [0.717, 1.165) is 0 Å². The molecule has 9 nitrogen and oxygen atoms in total. The molecule has 0 saturated carbocycles. The Morgan fingerprint density at radius 3 is 2.90 bits per heavy atom. The SMILES string of the molecule is CNC(=O)OC[C@H]1O[C@@H](n2ccc(=O)[nH]c2=S)[C@H](O)[C@@H]1O. The molecule has 21 heavy (non-hydrogen) atoms. The van der Waals surface area contributed by atoms with Gasteiger partial charge in [0, 0.05) is 19.3 Å². The van der Waals surface area contributed by atoms with Gasteiger partial charge in [0.2, 0.25) is 0 Å². The first-order valence-electron chi connectivity index (χ1n) is 6.11. The van der Waals surface area contributed by atoms with Crippen molar-refractivity contribution in [3.05, 3.63) is 27.4 Å². The van der Waals surface area contributed by atoms with Crippen LogP contribution in [-0.4, -0.2) is 57.8 Å². The minimum atomic E-state index is -1.28. The molecule has 1 fully saturated rings. The summed E-state index contributed by atoms with van der Waals surface area (Å²) in [4.78, 5) is 24.5. The second kappa shape index (κ2) is 6.35. The molecule has 4 N–H and O–H groups in total. The zero-order valence-electron chi connectivity index (χ0n) is 11.1. The van der Waals surface area contributed by atoms with Gasteiger partial charge in [-0.05, 0) is 12.2 Å². The lowest BCUT2D eigenvalue weighted by Gasteiger charge is -2.17. The molecular formula is C11H15N3O6S. The van der Waals surface area contributed by atoms with Crippen molar-refractivity contribution in [3.8, 4) is 0 Å². The second-order valence-corrected chi connectivity index (χ2v) is 4.80. The Morgan fingerprint density at radius 1 is 1.57 bits per heavy atom. The van der Waals surface area contributed by atoms with Crippen molar-refractivity contribution in [1.29, 1.82) is 0 Å². The van der Waals surface area contributed by atoms with Gasteiger partial charge in [0.05, 0.1) is 0 Å². The van der Waals surface area contributed by atoms with Crippen LogP contribution in [0, 0.1) is 4.77 Å². The van der Waals surface area contributed by atoms with E-state index in [4.69, 9.17) is 21.7 Å². The number of aliphatic hydroxyl groups is 2. The summed E-state index contributed by atoms with van der Waals surface area (Å²) >= 11 is 4.97. The summed E-state index contributed by atoms with van der Waals surface area (Å²) in [6, 6.07) is 1.21. The molecule has 0 aliphatic carbocycles. The molecule has 1 aliphatic heterocycles. The summed E-state index contributed by atoms with van der Waals surface area (Å²) in [7, 11) is 1.39. The Kier molecular flexibility index (Phi) is 4.73. The van der Waals surface area contributed by atoms with Gasteiger partial charge < -0.3 is 25.0 Å². The van der Waals surface area contributed by atoms with Crippen LogP contribution in [-0.2, 0) is 9.47 Å². The Hall–Kier alpha value is -1.75. The third kappa shape index (κ3) is 3.29. The maximum Gasteiger partial charge on any atom is 0.406 e. The number of nitrogens with zero attached hydrogens (tertiary/aromatic N) is 1. The van der Waals surface area contributed by atoms with Gasteiger partial charge in [-0.2, -0.15) is 0 Å². The van der Waals surface area contributed by atoms with Crippen molar-refractivity contribution in [2.45, 2.75) is 24.5 Å². The van der Waals surface area contributed by atoms with Gasteiger partial charge in [0.15, 0.2) is 11.0 Å². The lowest BCUT2D eigenvalue weighted by Crippen LogP contribution is -2.35. The van der Waals surface area contributed by atoms with Crippen LogP contribution >= 0.6 is 12.2 Å². The smallest absolute Gasteiger partial charge is 0.406 e. The number of aliphatic hydroxyl groups excluding tert-OH is 2. The summed E-state index contributed by atoms with van der Waals surface area (Å²) in [5, 5.41) is 22.2. The molecule has 2 rings (SSSR count). The van der Waals surface area contributed by atoms with E-state index in [1.807, 2.05) is 0 Å². The number of hydrogen-bond donors (Lipinski definition) is 4. The predicted molar refractivity (Wildman–Crippen MR) is 72.2 cm³/mol. The average Bonchev–Trinajstić information content (AvgIpc) is 2.73. The van der Waals surface area contributed by atoms with E-state index in [9.17, 15) is 19.8 Å². The van der Waals surface area contributed by atoms with Crippen molar-refractivity contribution in [2.75, 3.05) is 13.7 Å². The lowest BCUT2D eigenvalue weighted by molar-refractivity contribution is -0.0560. The Labute approximate surface area is 124 Å². The van der Waals surface area contributed by atoms with E-state index in [-0.39, 0.29) is 16.9 Å². The van der Waals surface area contributed by atoms with E-state index in [0.29, 0.717) is 0 Å². The van der Waals surface area contributed by atoms with Crippen LogP contribution in [0.15, 0.2) is 17.1 Å². The zero-order chi connectivity index (χ0) is 15.6. The molecule has 0 aromatic carbocycles. The molecule has 2 heterocycles. The van der Waals surface area contributed by atoms with Crippen molar-refractivity contribution in [1.82, 2.24) is 14.9 Å². The summed E-state index contributed by atoms with van der Waals surface area (Å²) < 4.78 is 11.6. The maximum atomic E-state index is 11.1. The van der Waals surface area contributed by atoms with Crippen LogP contribution < -0.4 is 10.9 Å². The molecule has 1 aliphatic rings. The van der Waals surface area contributed by atoms with Gasteiger partial charge in [-0.3, -0.25) is 14.3 Å². The number of rotatable bonds is 3. The van der Waals surface area contributed by atoms with Gasteiger partial charge in [-0.1, -0.05) is 0 Å². The van der Waals surface area contributed by atoms with Crippen molar-refractivity contribution in [2.24, 2.45) is 0 Å². The van der Waals surface area contributed by atoms with Crippen molar-refractivity contribution < 1.29 is 24.5 Å². The molecule has 0 unspecified atom stereocenters. The highest BCUT2D eigenvalue weighted by Gasteiger charge is 2.44. The van der Waals surface area contributed by atoms with Crippen LogP contribution in [0.4, 0.5) is 4.79 Å². The normalized spacial score (nSPS) is 28.3. The third-order valence-electron chi connectivity index (χ3n) is 3.05. The molecule has 1 aromatic rings. The van der Waals surface area contributed by atoms with Crippen LogP contribution in [0.2, 0.25) is 0 Å². The summed E-state index contributed by atoms with van der Waals surface area (Å²) in [5.74, 6) is 0. The van der Waals surface area contributed by atoms with E-state index in [1.54, 1.807) is 0 Å². The number of alkyl carbamates (subject to hydrolysis) is 1. The Balaban J connectivity index is 2.14. The minimum Gasteiger partial charge on any atom is -0.447 e. The number of nitrogens with one attached hydrogen (secondary N) is 2. The minimum absolute atomic E-state index is 0.0478. The number of carbonyl (C=O) groups is 1. The van der Waals surface area contributed by atoms with Crippen LogP contribution in [0.5, 0.6) is 0 Å². The summed E-state index contributed by atoms with van der Waals surface area (Å²) in [6.07, 6.45) is -3.75. The number of ether oxygens (including phenoxy) is 2. The molecule has 0 bridgehead atoms. The van der Waals surface area contributed by atoms with Crippen LogP contribution in [0.25, 0.3) is 0 Å². The van der Waals surface area contributed by atoms with Crippen molar-refractivity contribution >= 4 is 18.3 Å². The molecule has 4 atom stereocenters. The molecule has 116 valence electrons. The summed E-state index contributed by atoms with van der Waals surface area (Å²) in [6.45, 7) is -0.231. The first-order chi connectivity index (χ1) is 9.93. The number of H-pyrrole nitrogens is 1. The van der Waals surface area contributed by atoms with E-state index in [1.165, 1.54) is 23.9 Å². The molecular weight excluding hydrogens is 302 g/mol. The topological polar surface area (TPSA) is 126 Å². The van der Waals surface area contributed by atoms with Gasteiger partial charge >= 0.3 is 6.09 Å². The highest BCUT2D eigenvalue weighted by Crippen LogP contribution is 2.29. The number of aromatic nitrogens is 2.